The van der Waals surface area contributed by atoms with E-state index in [-0.39, 0.29) is 12.4 Å². The maximum atomic E-state index is 10.3. The van der Waals surface area contributed by atoms with E-state index in [9.17, 15) is 4.79 Å². The van der Waals surface area contributed by atoms with Crippen LogP contribution in [0.5, 0.6) is 0 Å². The second kappa shape index (κ2) is 4.20. The lowest BCUT2D eigenvalue weighted by atomic mass is 10.5. The molecule has 0 spiro atoms. The van der Waals surface area contributed by atoms with Gasteiger partial charge in [-0.1, -0.05) is 5.92 Å². The summed E-state index contributed by atoms with van der Waals surface area (Å²) in [7, 11) is 0. The zero-order chi connectivity index (χ0) is 6.41. The Morgan fingerprint density at radius 1 is 1.88 bits per heavy atom. The first kappa shape index (κ1) is 7.03. The molecule has 0 aliphatic rings. The summed E-state index contributed by atoms with van der Waals surface area (Å²) in [4.78, 5) is 10.3. The van der Waals surface area contributed by atoms with Gasteiger partial charge in [-0.15, -0.1) is 6.42 Å². The minimum absolute atomic E-state index is 0.0772. The lowest BCUT2D eigenvalue weighted by Gasteiger charge is -1.93. The molecule has 0 rings (SSSR count). The zero-order valence-corrected chi connectivity index (χ0v) is 4.81. The van der Waals surface area contributed by atoms with Crippen LogP contribution in [0.3, 0.4) is 0 Å². The Morgan fingerprint density at radius 3 is 2.88 bits per heavy atom. The summed E-state index contributed by atoms with van der Waals surface area (Å²) >= 11 is 0. The highest BCUT2D eigenvalue weighted by Crippen LogP contribution is 1.81. The molecule has 0 saturated heterocycles. The molecular formula is C6H8O2. The van der Waals surface area contributed by atoms with Crippen LogP contribution in [0.15, 0.2) is 0 Å². The second-order valence-electron chi connectivity index (χ2n) is 1.19. The van der Waals surface area contributed by atoms with Gasteiger partial charge in [-0.25, -0.2) is 0 Å². The summed E-state index contributed by atoms with van der Waals surface area (Å²) in [6, 6.07) is 0. The van der Waals surface area contributed by atoms with E-state index in [2.05, 4.69) is 10.7 Å². The van der Waals surface area contributed by atoms with E-state index in [1.807, 2.05) is 0 Å². The molecule has 0 aromatic heterocycles. The normalized spacial score (nSPS) is 7.50. The van der Waals surface area contributed by atoms with Gasteiger partial charge in [-0.2, -0.15) is 0 Å². The first-order chi connectivity index (χ1) is 3.81. The first-order valence-corrected chi connectivity index (χ1v) is 2.40. The maximum Gasteiger partial charge on any atom is 0.317 e. The molecule has 0 N–H and O–H groups in total. The number of carbonyl (C=O) groups is 1. The van der Waals surface area contributed by atoms with Crippen LogP contribution in [-0.2, 0) is 9.53 Å². The molecule has 0 aromatic carbocycles. The Bertz CT molecular complexity index is 110. The van der Waals surface area contributed by atoms with E-state index in [0.717, 1.165) is 0 Å². The van der Waals surface area contributed by atoms with Crippen molar-refractivity contribution < 1.29 is 9.53 Å². The SMILES string of the molecule is C#CCC(=O)OCC. The number of esters is 1. The van der Waals surface area contributed by atoms with E-state index < -0.39 is 0 Å². The van der Waals surface area contributed by atoms with E-state index in [1.54, 1.807) is 6.92 Å². The van der Waals surface area contributed by atoms with Crippen molar-refractivity contribution in [3.63, 3.8) is 0 Å². The third-order valence-electron chi connectivity index (χ3n) is 0.552. The van der Waals surface area contributed by atoms with Crippen molar-refractivity contribution in [2.45, 2.75) is 13.3 Å². The van der Waals surface area contributed by atoms with Crippen LogP contribution in [-0.4, -0.2) is 12.6 Å². The number of rotatable bonds is 2. The lowest BCUT2D eigenvalue weighted by molar-refractivity contribution is -0.141. The number of hydrogen-bond acceptors (Lipinski definition) is 2. The van der Waals surface area contributed by atoms with Crippen LogP contribution >= 0.6 is 0 Å². The average Bonchev–Trinajstić information content (AvgIpc) is 1.68. The molecule has 44 valence electrons. The highest BCUT2D eigenvalue weighted by atomic mass is 16.5. The molecule has 0 aromatic rings. The molecule has 0 atom stereocenters. The van der Waals surface area contributed by atoms with Gasteiger partial charge in [0, 0.05) is 0 Å². The van der Waals surface area contributed by atoms with Gasteiger partial charge in [0.05, 0.1) is 6.61 Å². The molecule has 0 fully saturated rings. The molecule has 0 unspecified atom stereocenters. The van der Waals surface area contributed by atoms with Crippen LogP contribution in [0.2, 0.25) is 0 Å². The highest BCUT2D eigenvalue weighted by Gasteiger charge is 1.93. The van der Waals surface area contributed by atoms with Gasteiger partial charge in [0.2, 0.25) is 0 Å². The van der Waals surface area contributed by atoms with Crippen LogP contribution in [0.4, 0.5) is 0 Å². The molecular weight excluding hydrogens is 104 g/mol. The Hall–Kier alpha value is -0.970. The fraction of sp³-hybridized carbons (Fsp3) is 0.500. The number of terminal acetylenes is 1. The topological polar surface area (TPSA) is 26.3 Å². The standard InChI is InChI=1S/C6H8O2/c1-3-5-6(7)8-4-2/h1H,4-5H2,2H3. The van der Waals surface area contributed by atoms with Crippen molar-refractivity contribution in [3.8, 4) is 12.3 Å². The van der Waals surface area contributed by atoms with Crippen LogP contribution in [0.1, 0.15) is 13.3 Å². The molecule has 0 aliphatic heterocycles. The van der Waals surface area contributed by atoms with Crippen molar-refractivity contribution in [1.29, 1.82) is 0 Å². The predicted molar refractivity (Wildman–Crippen MR) is 30.1 cm³/mol. The summed E-state index contributed by atoms with van der Waals surface area (Å²) in [5, 5.41) is 0. The summed E-state index contributed by atoms with van der Waals surface area (Å²) in [6.07, 6.45) is 4.89. The van der Waals surface area contributed by atoms with Gasteiger partial charge in [-0.3, -0.25) is 4.79 Å². The zero-order valence-electron chi connectivity index (χ0n) is 4.81. The Morgan fingerprint density at radius 2 is 2.50 bits per heavy atom. The van der Waals surface area contributed by atoms with Crippen LogP contribution in [0.25, 0.3) is 0 Å². The summed E-state index contributed by atoms with van der Waals surface area (Å²) in [5.74, 6) is 1.85. The van der Waals surface area contributed by atoms with E-state index >= 15 is 0 Å². The predicted octanol–water partition coefficient (Wildman–Crippen LogP) is 0.573. The summed E-state index contributed by atoms with van der Waals surface area (Å²) in [5.41, 5.74) is 0. The van der Waals surface area contributed by atoms with Crippen LogP contribution in [0, 0.1) is 12.3 Å². The van der Waals surface area contributed by atoms with Crippen molar-refractivity contribution in [3.05, 3.63) is 0 Å². The second-order valence-corrected chi connectivity index (χ2v) is 1.19. The lowest BCUT2D eigenvalue weighted by Crippen LogP contribution is -2.01. The largest absolute Gasteiger partial charge is 0.465 e. The fourth-order valence-electron chi connectivity index (χ4n) is 0.295. The quantitative estimate of drug-likeness (QED) is 0.385. The van der Waals surface area contributed by atoms with Gasteiger partial charge < -0.3 is 4.74 Å². The minimum Gasteiger partial charge on any atom is -0.465 e. The molecule has 2 nitrogen and oxygen atoms in total. The van der Waals surface area contributed by atoms with Gasteiger partial charge >= 0.3 is 5.97 Å². The van der Waals surface area contributed by atoms with Gasteiger partial charge in [-0.05, 0) is 6.92 Å². The highest BCUT2D eigenvalue weighted by molar-refractivity contribution is 5.72. The van der Waals surface area contributed by atoms with Crippen molar-refractivity contribution in [1.82, 2.24) is 0 Å². The molecule has 0 aliphatic carbocycles. The third kappa shape index (κ3) is 3.23. The Kier molecular flexibility index (Phi) is 3.69. The molecule has 0 heterocycles. The Balaban J connectivity index is 3.23. The van der Waals surface area contributed by atoms with Crippen molar-refractivity contribution in [2.75, 3.05) is 6.61 Å². The number of carbonyl (C=O) groups excluding carboxylic acids is 1. The van der Waals surface area contributed by atoms with E-state index in [1.165, 1.54) is 0 Å². The fourth-order valence-corrected chi connectivity index (χ4v) is 0.295. The van der Waals surface area contributed by atoms with Crippen LogP contribution < -0.4 is 0 Å². The average molecular weight is 112 g/mol. The number of ether oxygens (including phenoxy) is 1. The van der Waals surface area contributed by atoms with Crippen molar-refractivity contribution >= 4 is 5.97 Å². The van der Waals surface area contributed by atoms with E-state index in [4.69, 9.17) is 6.42 Å². The first-order valence-electron chi connectivity index (χ1n) is 2.40. The smallest absolute Gasteiger partial charge is 0.317 e. The molecule has 0 bridgehead atoms. The minimum atomic E-state index is -0.324. The van der Waals surface area contributed by atoms with Gasteiger partial charge in [0.15, 0.2) is 0 Å². The van der Waals surface area contributed by atoms with Gasteiger partial charge in [0.25, 0.3) is 0 Å². The molecule has 8 heavy (non-hydrogen) atoms. The Labute approximate surface area is 48.8 Å². The molecule has 0 amide bonds. The van der Waals surface area contributed by atoms with Crippen molar-refractivity contribution in [2.24, 2.45) is 0 Å². The molecule has 0 saturated carbocycles. The molecule has 0 radical (unpaired) electrons. The van der Waals surface area contributed by atoms with E-state index in [0.29, 0.717) is 6.61 Å². The monoisotopic (exact) mass is 112 g/mol. The van der Waals surface area contributed by atoms with Gasteiger partial charge in [0.1, 0.15) is 6.42 Å². The number of hydrogen-bond donors (Lipinski definition) is 0. The maximum absolute atomic E-state index is 10.3. The molecule has 2 heteroatoms. The summed E-state index contributed by atoms with van der Waals surface area (Å²) in [6.45, 7) is 2.15. The third-order valence-corrected chi connectivity index (χ3v) is 0.552. The summed E-state index contributed by atoms with van der Waals surface area (Å²) < 4.78 is 4.50.